The molecule has 92 valence electrons. The highest BCUT2D eigenvalue weighted by molar-refractivity contribution is 5.90. The molecule has 0 unspecified atom stereocenters. The van der Waals surface area contributed by atoms with Crippen molar-refractivity contribution < 1.29 is 9.90 Å². The third-order valence-corrected chi connectivity index (χ3v) is 2.88. The minimum atomic E-state index is -0.608. The van der Waals surface area contributed by atoms with E-state index >= 15 is 0 Å². The molecule has 0 spiro atoms. The summed E-state index contributed by atoms with van der Waals surface area (Å²) in [5.74, 6) is 0.151. The molecule has 1 aliphatic rings. The Kier molecular flexibility index (Phi) is 3.35. The fourth-order valence-corrected chi connectivity index (χ4v) is 1.85. The first-order chi connectivity index (χ1) is 8.11. The van der Waals surface area contributed by atoms with Crippen LogP contribution in [-0.2, 0) is 4.79 Å². The molecule has 1 aliphatic heterocycles. The van der Waals surface area contributed by atoms with Crippen LogP contribution in [-0.4, -0.2) is 51.1 Å². The summed E-state index contributed by atoms with van der Waals surface area (Å²) >= 11 is 0. The number of hydrogen-bond donors (Lipinski definition) is 2. The zero-order chi connectivity index (χ0) is 12.3. The molecule has 1 saturated heterocycles. The van der Waals surface area contributed by atoms with Gasteiger partial charge < -0.3 is 5.11 Å². The van der Waals surface area contributed by atoms with Gasteiger partial charge >= 0.3 is 0 Å². The van der Waals surface area contributed by atoms with Gasteiger partial charge in [0.2, 0.25) is 11.9 Å². The van der Waals surface area contributed by atoms with Gasteiger partial charge in [-0.3, -0.25) is 15.0 Å². The average Bonchev–Trinajstić information content (AvgIpc) is 2.28. The number of likely N-dealkylation sites (tertiary alicyclic amines) is 1. The van der Waals surface area contributed by atoms with Crippen molar-refractivity contribution in [2.75, 3.05) is 25.0 Å². The normalized spacial score (nSPS) is 18.5. The second-order valence-corrected chi connectivity index (χ2v) is 4.34. The summed E-state index contributed by atoms with van der Waals surface area (Å²) in [6, 6.07) is 1.69. The van der Waals surface area contributed by atoms with E-state index in [0.717, 1.165) is 0 Å². The fourth-order valence-electron chi connectivity index (χ4n) is 1.85. The Labute approximate surface area is 99.7 Å². The van der Waals surface area contributed by atoms with Crippen LogP contribution in [0, 0.1) is 0 Å². The molecule has 2 N–H and O–H groups in total. The molecule has 1 aromatic heterocycles. The molecule has 6 heteroatoms. The van der Waals surface area contributed by atoms with Gasteiger partial charge in [0, 0.05) is 25.5 Å². The number of carbonyl (C=O) groups excluding carboxylic acids is 1. The molecule has 0 aliphatic carbocycles. The summed E-state index contributed by atoms with van der Waals surface area (Å²) in [6.45, 7) is 3.30. The van der Waals surface area contributed by atoms with Crippen LogP contribution in [0.5, 0.6) is 0 Å². The lowest BCUT2D eigenvalue weighted by molar-refractivity contribution is -0.128. The molecule has 2 heterocycles. The number of β-amino-alcohol motifs (C(OH)–C–C–N with tert-alkyl or cyclic N) is 1. The highest BCUT2D eigenvalue weighted by Crippen LogP contribution is 2.23. The van der Waals surface area contributed by atoms with Gasteiger partial charge in [0.15, 0.2) is 0 Å². The van der Waals surface area contributed by atoms with Crippen molar-refractivity contribution in [3.05, 3.63) is 18.5 Å². The monoisotopic (exact) mass is 236 g/mol. The summed E-state index contributed by atoms with van der Waals surface area (Å²) in [4.78, 5) is 21.3. The van der Waals surface area contributed by atoms with Gasteiger partial charge in [0.05, 0.1) is 12.1 Å². The van der Waals surface area contributed by atoms with Crippen LogP contribution in [0.25, 0.3) is 0 Å². The summed E-state index contributed by atoms with van der Waals surface area (Å²) < 4.78 is 0. The molecular formula is C11H16N4O2. The first-order valence-corrected chi connectivity index (χ1v) is 5.63. The van der Waals surface area contributed by atoms with Gasteiger partial charge in [-0.1, -0.05) is 6.92 Å². The maximum atomic E-state index is 11.6. The van der Waals surface area contributed by atoms with Gasteiger partial charge in [0.1, 0.15) is 0 Å². The predicted octanol–water partition coefficient (Wildman–Crippen LogP) is -0.128. The lowest BCUT2D eigenvalue weighted by Crippen LogP contribution is -2.62. The largest absolute Gasteiger partial charge is 0.387 e. The quantitative estimate of drug-likeness (QED) is 0.761. The van der Waals surface area contributed by atoms with Gasteiger partial charge in [0.25, 0.3) is 0 Å². The number of nitrogens with one attached hydrogen (secondary N) is 1. The minimum absolute atomic E-state index is 0.158. The van der Waals surface area contributed by atoms with Crippen molar-refractivity contribution >= 4 is 11.9 Å². The van der Waals surface area contributed by atoms with E-state index in [0.29, 0.717) is 25.5 Å². The fraction of sp³-hybridized carbons (Fsp3) is 0.545. The highest BCUT2D eigenvalue weighted by Gasteiger charge is 2.39. The first-order valence-electron chi connectivity index (χ1n) is 5.63. The van der Waals surface area contributed by atoms with Gasteiger partial charge in [-0.25, -0.2) is 9.97 Å². The third-order valence-electron chi connectivity index (χ3n) is 2.88. The maximum absolute atomic E-state index is 11.6. The van der Waals surface area contributed by atoms with Crippen molar-refractivity contribution in [3.8, 4) is 0 Å². The Balaban J connectivity index is 1.76. The zero-order valence-corrected chi connectivity index (χ0v) is 9.76. The summed E-state index contributed by atoms with van der Waals surface area (Å²) in [6.07, 6.45) is 3.86. The Hall–Kier alpha value is -1.53. The molecular weight excluding hydrogens is 220 g/mol. The lowest BCUT2D eigenvalue weighted by Gasteiger charge is -2.45. The summed E-state index contributed by atoms with van der Waals surface area (Å²) in [7, 11) is 0. The van der Waals surface area contributed by atoms with Crippen molar-refractivity contribution in [1.29, 1.82) is 0 Å². The number of nitrogens with zero attached hydrogens (tertiary/aromatic N) is 3. The molecule has 1 aromatic rings. The zero-order valence-electron chi connectivity index (χ0n) is 9.76. The first kappa shape index (κ1) is 11.9. The van der Waals surface area contributed by atoms with E-state index in [1.54, 1.807) is 18.5 Å². The van der Waals surface area contributed by atoms with Crippen LogP contribution in [0.15, 0.2) is 18.5 Å². The molecule has 0 saturated carbocycles. The standard InChI is InChI=1S/C11H16N4O2/c1-2-11(17)7-15(8-11)6-9(16)14-10-12-4-3-5-13-10/h3-5,17H,2,6-8H2,1H3,(H,12,13,14,16). The number of anilines is 1. The second kappa shape index (κ2) is 4.77. The van der Waals surface area contributed by atoms with Crippen LogP contribution in [0.2, 0.25) is 0 Å². The van der Waals surface area contributed by atoms with Crippen LogP contribution in [0.3, 0.4) is 0 Å². The number of hydrogen-bond acceptors (Lipinski definition) is 5. The van der Waals surface area contributed by atoms with Crippen LogP contribution in [0.1, 0.15) is 13.3 Å². The van der Waals surface area contributed by atoms with Gasteiger partial charge in [-0.05, 0) is 12.5 Å². The highest BCUT2D eigenvalue weighted by atomic mass is 16.3. The minimum Gasteiger partial charge on any atom is -0.387 e. The number of carbonyl (C=O) groups is 1. The average molecular weight is 236 g/mol. The Morgan fingerprint density at radius 2 is 2.18 bits per heavy atom. The van der Waals surface area contributed by atoms with Gasteiger partial charge in [-0.15, -0.1) is 0 Å². The van der Waals surface area contributed by atoms with E-state index in [4.69, 9.17) is 0 Å². The number of aliphatic hydroxyl groups is 1. The van der Waals surface area contributed by atoms with E-state index in [1.165, 1.54) is 0 Å². The number of amides is 1. The molecule has 0 bridgehead atoms. The van der Waals surface area contributed by atoms with Crippen LogP contribution < -0.4 is 5.32 Å². The SMILES string of the molecule is CCC1(O)CN(CC(=O)Nc2ncccn2)C1. The molecule has 17 heavy (non-hydrogen) atoms. The van der Waals surface area contributed by atoms with E-state index in [-0.39, 0.29) is 12.5 Å². The van der Waals surface area contributed by atoms with Gasteiger partial charge in [-0.2, -0.15) is 0 Å². The maximum Gasteiger partial charge on any atom is 0.240 e. The smallest absolute Gasteiger partial charge is 0.240 e. The number of rotatable bonds is 4. The summed E-state index contributed by atoms with van der Waals surface area (Å²) in [5, 5.41) is 12.4. The van der Waals surface area contributed by atoms with Crippen LogP contribution >= 0.6 is 0 Å². The van der Waals surface area contributed by atoms with Crippen molar-refractivity contribution in [3.63, 3.8) is 0 Å². The molecule has 0 radical (unpaired) electrons. The van der Waals surface area contributed by atoms with E-state index < -0.39 is 5.60 Å². The summed E-state index contributed by atoms with van der Waals surface area (Å²) in [5.41, 5.74) is -0.608. The Morgan fingerprint density at radius 1 is 1.53 bits per heavy atom. The lowest BCUT2D eigenvalue weighted by atomic mass is 9.91. The Bertz CT molecular complexity index is 390. The van der Waals surface area contributed by atoms with Crippen molar-refractivity contribution in [1.82, 2.24) is 14.9 Å². The molecule has 2 rings (SSSR count). The predicted molar refractivity (Wildman–Crippen MR) is 62.3 cm³/mol. The van der Waals surface area contributed by atoms with Crippen molar-refractivity contribution in [2.45, 2.75) is 18.9 Å². The third kappa shape index (κ3) is 2.98. The number of aromatic nitrogens is 2. The molecule has 0 aromatic carbocycles. The van der Waals surface area contributed by atoms with E-state index in [1.807, 2.05) is 11.8 Å². The van der Waals surface area contributed by atoms with Crippen LogP contribution in [0.4, 0.5) is 5.95 Å². The Morgan fingerprint density at radius 3 is 2.76 bits per heavy atom. The molecule has 6 nitrogen and oxygen atoms in total. The topological polar surface area (TPSA) is 78.4 Å². The molecule has 1 amide bonds. The second-order valence-electron chi connectivity index (χ2n) is 4.34. The molecule has 1 fully saturated rings. The van der Waals surface area contributed by atoms with E-state index in [9.17, 15) is 9.90 Å². The van der Waals surface area contributed by atoms with E-state index in [2.05, 4.69) is 15.3 Å². The molecule has 0 atom stereocenters. The van der Waals surface area contributed by atoms with Crippen molar-refractivity contribution in [2.24, 2.45) is 0 Å².